The molecule has 2 aliphatic heterocycles. The van der Waals surface area contributed by atoms with Crippen molar-refractivity contribution >= 4 is 43.4 Å². The van der Waals surface area contributed by atoms with Crippen LogP contribution in [0.3, 0.4) is 0 Å². The number of pyridine rings is 2. The van der Waals surface area contributed by atoms with Crippen molar-refractivity contribution in [1.29, 1.82) is 0 Å². The van der Waals surface area contributed by atoms with E-state index in [1.807, 2.05) is 26.8 Å². The van der Waals surface area contributed by atoms with E-state index in [1.54, 1.807) is 51.8 Å². The molecule has 0 saturated heterocycles. The average Bonchev–Trinajstić information content (AvgIpc) is 3.16. The number of hydrogen-bond acceptors (Lipinski definition) is 10. The van der Waals surface area contributed by atoms with Gasteiger partial charge in [0.1, 0.15) is 30.2 Å². The van der Waals surface area contributed by atoms with E-state index in [2.05, 4.69) is 49.1 Å². The molecule has 2 aromatic heterocycles. The van der Waals surface area contributed by atoms with Crippen molar-refractivity contribution in [2.24, 2.45) is 0 Å². The Hall–Kier alpha value is -3.91. The van der Waals surface area contributed by atoms with E-state index in [0.717, 1.165) is 0 Å². The Morgan fingerprint density at radius 1 is 1.00 bits per heavy atom. The fourth-order valence-corrected chi connectivity index (χ4v) is 6.51. The molecule has 14 heteroatoms. The second kappa shape index (κ2) is 14.4. The highest BCUT2D eigenvalue weighted by molar-refractivity contribution is 6.74. The summed E-state index contributed by atoms with van der Waals surface area (Å²) >= 11 is 0. The SMILES string of the molecule is Cc1cc(N(C)C(=O)OC(C)(C)C)cc(Nc2nc3c(c(C4=CCN(C(=O)OC(C)(C)C)C[C@H](O[Si](C)(C)C(C)(C)C)C4)c2F)OCCO3)n1. The highest BCUT2D eigenvalue weighted by Crippen LogP contribution is 2.44. The summed E-state index contributed by atoms with van der Waals surface area (Å²) in [5.41, 5.74) is 0.454. The first kappa shape index (κ1) is 38.9. The topological polar surface area (TPSA) is 125 Å². The first-order chi connectivity index (χ1) is 22.9. The summed E-state index contributed by atoms with van der Waals surface area (Å²) in [5.74, 6) is -0.240. The zero-order valence-corrected chi connectivity index (χ0v) is 32.9. The van der Waals surface area contributed by atoms with Crippen molar-refractivity contribution in [3.63, 3.8) is 0 Å². The van der Waals surface area contributed by atoms with E-state index in [0.29, 0.717) is 23.4 Å². The minimum atomic E-state index is -2.33. The zero-order valence-electron chi connectivity index (χ0n) is 31.9. The van der Waals surface area contributed by atoms with Gasteiger partial charge in [0, 0.05) is 31.9 Å². The molecule has 0 aromatic carbocycles. The van der Waals surface area contributed by atoms with Crippen LogP contribution in [-0.4, -0.2) is 86.0 Å². The number of aromatic nitrogens is 2. The van der Waals surface area contributed by atoms with Crippen LogP contribution >= 0.6 is 0 Å². The molecule has 2 aromatic rings. The van der Waals surface area contributed by atoms with Crippen LogP contribution in [0.25, 0.3) is 5.57 Å². The fourth-order valence-electron chi connectivity index (χ4n) is 5.16. The molecule has 50 heavy (non-hydrogen) atoms. The van der Waals surface area contributed by atoms with Gasteiger partial charge in [-0.25, -0.2) is 19.0 Å². The summed E-state index contributed by atoms with van der Waals surface area (Å²) in [6.45, 7) is 24.2. The van der Waals surface area contributed by atoms with Crippen LogP contribution in [0.4, 0.5) is 31.3 Å². The third kappa shape index (κ3) is 9.65. The lowest BCUT2D eigenvalue weighted by Crippen LogP contribution is -2.48. The van der Waals surface area contributed by atoms with Crippen molar-refractivity contribution < 1.29 is 37.4 Å². The molecule has 0 fully saturated rings. The fraction of sp³-hybridized carbons (Fsp3) is 0.611. The van der Waals surface area contributed by atoms with Crippen molar-refractivity contribution in [2.75, 3.05) is 43.6 Å². The minimum absolute atomic E-state index is 0.105. The van der Waals surface area contributed by atoms with Gasteiger partial charge in [0.2, 0.25) is 0 Å². The van der Waals surface area contributed by atoms with Gasteiger partial charge in [-0.3, -0.25) is 4.90 Å². The number of carbonyl (C=O) groups is 2. The standard InChI is InChI=1S/C36H54FN5O7Si/c1-22-18-24(41(11)32(43)47-34(2,3)4)20-26(38-22)39-30-28(37)27(29-31(40-30)46-17-16-45-29)23-14-15-42(33(44)48-35(5,6)7)21-25(19-23)49-50(12,13)36(8,9)10/h14,18,20,25H,15-17,19,21H2,1-13H3,(H,38,39,40)/t25-/m1/s1. The molecule has 0 saturated carbocycles. The van der Waals surface area contributed by atoms with Crippen LogP contribution in [0, 0.1) is 12.7 Å². The summed E-state index contributed by atoms with van der Waals surface area (Å²) in [6, 6.07) is 3.34. The van der Waals surface area contributed by atoms with Crippen LogP contribution in [0.2, 0.25) is 18.1 Å². The molecule has 2 amide bonds. The van der Waals surface area contributed by atoms with E-state index in [1.165, 1.54) is 4.90 Å². The van der Waals surface area contributed by atoms with Gasteiger partial charge in [-0.1, -0.05) is 26.8 Å². The second-order valence-electron chi connectivity index (χ2n) is 16.3. The Bertz CT molecular complexity index is 1630. The molecule has 0 bridgehead atoms. The lowest BCUT2D eigenvalue weighted by molar-refractivity contribution is 0.0195. The number of anilines is 3. The Morgan fingerprint density at radius 3 is 2.26 bits per heavy atom. The molecular formula is C36H54FN5O7Si. The Morgan fingerprint density at radius 2 is 1.64 bits per heavy atom. The molecule has 0 unspecified atom stereocenters. The Kier molecular flexibility index (Phi) is 11.2. The van der Waals surface area contributed by atoms with Crippen LogP contribution < -0.4 is 19.7 Å². The quantitative estimate of drug-likeness (QED) is 0.293. The number of halogens is 1. The molecular weight excluding hydrogens is 662 g/mol. The summed E-state index contributed by atoms with van der Waals surface area (Å²) in [6.07, 6.45) is 0.643. The Balaban J connectivity index is 1.77. The van der Waals surface area contributed by atoms with Gasteiger partial charge >= 0.3 is 12.2 Å². The zero-order chi connectivity index (χ0) is 37.4. The molecule has 276 valence electrons. The largest absolute Gasteiger partial charge is 0.484 e. The first-order valence-corrected chi connectivity index (χ1v) is 19.9. The van der Waals surface area contributed by atoms with Gasteiger partial charge in [-0.05, 0) is 84.7 Å². The van der Waals surface area contributed by atoms with Gasteiger partial charge in [0.05, 0.1) is 17.4 Å². The van der Waals surface area contributed by atoms with E-state index in [4.69, 9.17) is 23.4 Å². The van der Waals surface area contributed by atoms with E-state index in [9.17, 15) is 9.59 Å². The van der Waals surface area contributed by atoms with Crippen molar-refractivity contribution in [1.82, 2.24) is 14.9 Å². The van der Waals surface area contributed by atoms with Crippen LogP contribution in [0.15, 0.2) is 18.2 Å². The number of hydrogen-bond donors (Lipinski definition) is 1. The summed E-state index contributed by atoms with van der Waals surface area (Å²) in [5, 5.41) is 2.91. The number of carbonyl (C=O) groups excluding carboxylic acids is 2. The molecule has 0 spiro atoms. The molecule has 2 aliphatic rings. The predicted molar refractivity (Wildman–Crippen MR) is 195 cm³/mol. The average molecular weight is 716 g/mol. The number of fused-ring (bicyclic) bond motifs is 1. The van der Waals surface area contributed by atoms with E-state index < -0.39 is 43.6 Å². The third-order valence-electron chi connectivity index (χ3n) is 8.54. The van der Waals surface area contributed by atoms with Gasteiger partial charge < -0.3 is 33.6 Å². The molecule has 4 rings (SSSR count). The summed E-state index contributed by atoms with van der Waals surface area (Å²) in [7, 11) is -0.735. The molecule has 12 nitrogen and oxygen atoms in total. The molecule has 1 atom stereocenters. The van der Waals surface area contributed by atoms with Crippen molar-refractivity contribution in [3.8, 4) is 11.6 Å². The summed E-state index contributed by atoms with van der Waals surface area (Å²) in [4.78, 5) is 38.1. The van der Waals surface area contributed by atoms with Crippen LogP contribution in [0.1, 0.15) is 80.0 Å². The normalized spacial score (nSPS) is 17.0. The number of rotatable bonds is 6. The molecule has 0 radical (unpaired) electrons. The number of nitrogens with zero attached hydrogens (tertiary/aromatic N) is 4. The molecule has 1 N–H and O–H groups in total. The first-order valence-electron chi connectivity index (χ1n) is 17.0. The minimum Gasteiger partial charge on any atom is -0.484 e. The van der Waals surface area contributed by atoms with Gasteiger partial charge in [-0.15, -0.1) is 0 Å². The number of nitrogens with one attached hydrogen (secondary N) is 1. The maximum absolute atomic E-state index is 16.9. The van der Waals surface area contributed by atoms with Crippen molar-refractivity contribution in [2.45, 2.75) is 111 Å². The molecule has 0 aliphatic carbocycles. The summed E-state index contributed by atoms with van der Waals surface area (Å²) < 4.78 is 46.9. The lowest BCUT2D eigenvalue weighted by atomic mass is 9.99. The second-order valence-corrected chi connectivity index (χ2v) is 21.1. The monoisotopic (exact) mass is 715 g/mol. The van der Waals surface area contributed by atoms with Gasteiger partial charge in [0.15, 0.2) is 25.7 Å². The number of amides is 2. The molecule has 4 heterocycles. The van der Waals surface area contributed by atoms with Gasteiger partial charge in [-0.2, -0.15) is 4.98 Å². The Labute approximate surface area is 296 Å². The third-order valence-corrected chi connectivity index (χ3v) is 13.1. The predicted octanol–water partition coefficient (Wildman–Crippen LogP) is 8.22. The van der Waals surface area contributed by atoms with Crippen LogP contribution in [0.5, 0.6) is 11.6 Å². The number of ether oxygens (including phenoxy) is 4. The maximum atomic E-state index is 16.9. The highest BCUT2D eigenvalue weighted by Gasteiger charge is 2.41. The highest BCUT2D eigenvalue weighted by atomic mass is 28.4. The van der Waals surface area contributed by atoms with Crippen molar-refractivity contribution in [3.05, 3.63) is 35.3 Å². The maximum Gasteiger partial charge on any atom is 0.414 e. The lowest BCUT2D eigenvalue weighted by Gasteiger charge is -2.40. The van der Waals surface area contributed by atoms with Crippen LogP contribution in [-0.2, 0) is 13.9 Å². The number of aryl methyl sites for hydroxylation is 1. The van der Waals surface area contributed by atoms with Gasteiger partial charge in [0.25, 0.3) is 5.88 Å². The van der Waals surface area contributed by atoms with E-state index >= 15 is 4.39 Å². The smallest absolute Gasteiger partial charge is 0.414 e. The van der Waals surface area contributed by atoms with E-state index in [-0.39, 0.29) is 60.2 Å².